The van der Waals surface area contributed by atoms with Gasteiger partial charge in [0.1, 0.15) is 5.75 Å². The van der Waals surface area contributed by atoms with Crippen molar-refractivity contribution in [2.45, 2.75) is 52.4 Å². The summed E-state index contributed by atoms with van der Waals surface area (Å²) < 4.78 is 5.60. The van der Waals surface area contributed by atoms with Gasteiger partial charge in [0.25, 0.3) is 0 Å². The highest BCUT2D eigenvalue weighted by Gasteiger charge is 2.40. The molecule has 22 heavy (non-hydrogen) atoms. The Labute approximate surface area is 132 Å². The molecule has 0 aromatic heterocycles. The zero-order chi connectivity index (χ0) is 17.1. The van der Waals surface area contributed by atoms with E-state index in [1.807, 2.05) is 39.0 Å². The predicted octanol–water partition coefficient (Wildman–Crippen LogP) is 3.78. The number of para-hydroxylation sites is 1. The second-order valence-electron chi connectivity index (χ2n) is 6.43. The molecule has 1 aromatic carbocycles. The molecule has 0 aliphatic carbocycles. The molecule has 0 amide bonds. The summed E-state index contributed by atoms with van der Waals surface area (Å²) in [5.74, 6) is -1.69. The van der Waals surface area contributed by atoms with Crippen molar-refractivity contribution >= 4 is 11.8 Å². The maximum absolute atomic E-state index is 12.1. The number of ketones is 1. The third-order valence-electron chi connectivity index (χ3n) is 4.37. The van der Waals surface area contributed by atoms with Crippen LogP contribution in [0.25, 0.3) is 0 Å². The largest absolute Gasteiger partial charge is 0.496 e. The minimum atomic E-state index is -1.38. The average Bonchev–Trinajstić information content (AvgIpc) is 2.46. The Kier molecular flexibility index (Phi) is 5.75. The number of carbonyl (C=O) groups excluding carboxylic acids is 1. The van der Waals surface area contributed by atoms with Crippen molar-refractivity contribution in [3.8, 4) is 5.75 Å². The molecule has 0 radical (unpaired) electrons. The summed E-state index contributed by atoms with van der Waals surface area (Å²) in [6.07, 6.45) is 0.465. The first kappa shape index (κ1) is 18.2. The minimum Gasteiger partial charge on any atom is -0.496 e. The van der Waals surface area contributed by atoms with Gasteiger partial charge in [-0.25, -0.2) is 4.79 Å². The monoisotopic (exact) mass is 306 g/mol. The van der Waals surface area contributed by atoms with Gasteiger partial charge in [0.15, 0.2) is 0 Å². The Hall–Kier alpha value is -1.84. The van der Waals surface area contributed by atoms with Crippen LogP contribution in [0.5, 0.6) is 5.75 Å². The van der Waals surface area contributed by atoms with Crippen molar-refractivity contribution < 1.29 is 19.4 Å². The summed E-state index contributed by atoms with van der Waals surface area (Å²) in [4.78, 5) is 23.2. The van der Waals surface area contributed by atoms with Crippen LogP contribution in [-0.4, -0.2) is 24.0 Å². The minimum absolute atomic E-state index is 0.279. The molecule has 0 bridgehead atoms. The topological polar surface area (TPSA) is 63.6 Å². The van der Waals surface area contributed by atoms with Crippen molar-refractivity contribution in [1.82, 2.24) is 0 Å². The molecule has 0 saturated heterocycles. The lowest BCUT2D eigenvalue weighted by Gasteiger charge is -2.34. The van der Waals surface area contributed by atoms with Gasteiger partial charge in [-0.05, 0) is 17.9 Å². The summed E-state index contributed by atoms with van der Waals surface area (Å²) in [5.41, 5.74) is 1.31. The van der Waals surface area contributed by atoms with Crippen LogP contribution in [0.2, 0.25) is 0 Å². The summed E-state index contributed by atoms with van der Waals surface area (Å²) in [6.45, 7) is 9.81. The van der Waals surface area contributed by atoms with Gasteiger partial charge in [-0.1, -0.05) is 52.8 Å². The molecule has 1 unspecified atom stereocenters. The summed E-state index contributed by atoms with van der Waals surface area (Å²) in [6, 6.07) is 5.86. The maximum atomic E-state index is 12.1. The Morgan fingerprint density at radius 2 is 1.86 bits per heavy atom. The molecule has 4 heteroatoms. The summed E-state index contributed by atoms with van der Waals surface area (Å²) >= 11 is 0. The van der Waals surface area contributed by atoms with Gasteiger partial charge in [-0.3, -0.25) is 4.79 Å². The molecule has 0 aliphatic rings. The first-order valence-corrected chi connectivity index (χ1v) is 7.62. The van der Waals surface area contributed by atoms with Gasteiger partial charge in [0.05, 0.1) is 7.11 Å². The standard InChI is InChI=1S/C18H26O4/c1-7-13(15(19)17(20)21)18(4,5)14-10-8-9-12(11(2)3)16(14)22-6/h8-11,13H,7H2,1-6H3,(H,20,21). The zero-order valence-electron chi connectivity index (χ0n) is 14.3. The molecule has 0 saturated carbocycles. The number of carbonyl (C=O) groups is 2. The van der Waals surface area contributed by atoms with Gasteiger partial charge in [0, 0.05) is 16.9 Å². The van der Waals surface area contributed by atoms with E-state index in [-0.39, 0.29) is 5.92 Å². The number of aliphatic carboxylic acids is 1. The third kappa shape index (κ3) is 3.32. The fraction of sp³-hybridized carbons (Fsp3) is 0.556. The number of hydrogen-bond acceptors (Lipinski definition) is 3. The Balaban J connectivity index is 3.47. The van der Waals surface area contributed by atoms with Crippen LogP contribution in [0.15, 0.2) is 18.2 Å². The van der Waals surface area contributed by atoms with Gasteiger partial charge in [0.2, 0.25) is 5.78 Å². The lowest BCUT2D eigenvalue weighted by Crippen LogP contribution is -2.38. The number of carboxylic acid groups (broad SMARTS) is 1. The highest BCUT2D eigenvalue weighted by molar-refractivity contribution is 6.33. The molecule has 122 valence electrons. The molecule has 1 atom stereocenters. The van der Waals surface area contributed by atoms with Gasteiger partial charge in [-0.2, -0.15) is 0 Å². The van der Waals surface area contributed by atoms with Gasteiger partial charge < -0.3 is 9.84 Å². The highest BCUT2D eigenvalue weighted by Crippen LogP contribution is 2.42. The summed E-state index contributed by atoms with van der Waals surface area (Å²) in [5, 5.41) is 9.08. The van der Waals surface area contributed by atoms with E-state index in [1.54, 1.807) is 7.11 Å². The van der Waals surface area contributed by atoms with Crippen molar-refractivity contribution in [3.63, 3.8) is 0 Å². The second kappa shape index (κ2) is 6.95. The van der Waals surface area contributed by atoms with Crippen LogP contribution >= 0.6 is 0 Å². The molecule has 0 heterocycles. The Bertz CT molecular complexity index is 558. The van der Waals surface area contributed by atoms with E-state index in [1.165, 1.54) is 0 Å². The Morgan fingerprint density at radius 3 is 2.27 bits per heavy atom. The van der Waals surface area contributed by atoms with Crippen LogP contribution in [0.3, 0.4) is 0 Å². The van der Waals surface area contributed by atoms with Crippen molar-refractivity contribution in [2.75, 3.05) is 7.11 Å². The van der Waals surface area contributed by atoms with Crippen molar-refractivity contribution in [2.24, 2.45) is 5.92 Å². The molecule has 1 N–H and O–H groups in total. The predicted molar refractivity (Wildman–Crippen MR) is 86.5 cm³/mol. The Morgan fingerprint density at radius 1 is 1.27 bits per heavy atom. The first-order valence-electron chi connectivity index (χ1n) is 7.62. The van der Waals surface area contributed by atoms with E-state index in [9.17, 15) is 9.59 Å². The lowest BCUT2D eigenvalue weighted by molar-refractivity contribution is -0.152. The number of rotatable bonds is 7. The van der Waals surface area contributed by atoms with Crippen LogP contribution in [-0.2, 0) is 15.0 Å². The fourth-order valence-electron chi connectivity index (χ4n) is 3.10. The van der Waals surface area contributed by atoms with Gasteiger partial charge >= 0.3 is 5.97 Å². The van der Waals surface area contributed by atoms with Crippen LogP contribution in [0, 0.1) is 5.92 Å². The number of ether oxygens (including phenoxy) is 1. The lowest BCUT2D eigenvalue weighted by atomic mass is 9.69. The number of carboxylic acids is 1. The maximum Gasteiger partial charge on any atom is 0.372 e. The van der Waals surface area contributed by atoms with E-state index in [4.69, 9.17) is 9.84 Å². The fourth-order valence-corrected chi connectivity index (χ4v) is 3.10. The van der Waals surface area contributed by atoms with E-state index >= 15 is 0 Å². The second-order valence-corrected chi connectivity index (χ2v) is 6.43. The van der Waals surface area contributed by atoms with Gasteiger partial charge in [-0.15, -0.1) is 0 Å². The molecular formula is C18H26O4. The molecular weight excluding hydrogens is 280 g/mol. The number of Topliss-reactive ketones (excluding diaryl/α,β-unsaturated/α-hetero) is 1. The molecule has 1 rings (SSSR count). The van der Waals surface area contributed by atoms with E-state index in [0.29, 0.717) is 6.42 Å². The molecule has 0 spiro atoms. The quantitative estimate of drug-likeness (QED) is 0.779. The smallest absolute Gasteiger partial charge is 0.372 e. The molecule has 1 aromatic rings. The van der Waals surface area contributed by atoms with E-state index in [2.05, 4.69) is 13.8 Å². The van der Waals surface area contributed by atoms with Crippen molar-refractivity contribution in [3.05, 3.63) is 29.3 Å². The van der Waals surface area contributed by atoms with E-state index < -0.39 is 23.1 Å². The first-order chi connectivity index (χ1) is 10.2. The van der Waals surface area contributed by atoms with Crippen LogP contribution in [0.1, 0.15) is 58.1 Å². The van der Waals surface area contributed by atoms with Crippen molar-refractivity contribution in [1.29, 1.82) is 0 Å². The summed E-state index contributed by atoms with van der Waals surface area (Å²) in [7, 11) is 1.61. The SMILES string of the molecule is CCC(C(=O)C(=O)O)C(C)(C)c1cccc(C(C)C)c1OC. The zero-order valence-corrected chi connectivity index (χ0v) is 14.3. The number of benzene rings is 1. The number of methoxy groups -OCH3 is 1. The molecule has 0 fully saturated rings. The third-order valence-corrected chi connectivity index (χ3v) is 4.37. The average molecular weight is 306 g/mol. The normalized spacial score (nSPS) is 13.0. The molecule has 0 aliphatic heterocycles. The number of hydrogen-bond donors (Lipinski definition) is 1. The van der Waals surface area contributed by atoms with Crippen LogP contribution < -0.4 is 4.74 Å². The van der Waals surface area contributed by atoms with Crippen LogP contribution in [0.4, 0.5) is 0 Å². The van der Waals surface area contributed by atoms with E-state index in [0.717, 1.165) is 16.9 Å². The molecule has 4 nitrogen and oxygen atoms in total. The highest BCUT2D eigenvalue weighted by atomic mass is 16.5.